The molecule has 100 valence electrons. The quantitative estimate of drug-likeness (QED) is 0.855. The van der Waals surface area contributed by atoms with Crippen LogP contribution in [0.15, 0.2) is 42.5 Å². The Morgan fingerprint density at radius 3 is 2.05 bits per heavy atom. The molecule has 0 radical (unpaired) electrons. The van der Waals surface area contributed by atoms with Crippen molar-refractivity contribution in [3.05, 3.63) is 59.4 Å². The Labute approximate surface area is 114 Å². The van der Waals surface area contributed by atoms with Gasteiger partial charge >= 0.3 is 0 Å². The van der Waals surface area contributed by atoms with Gasteiger partial charge in [0.2, 0.25) is 0 Å². The zero-order valence-electron chi connectivity index (χ0n) is 11.7. The lowest BCUT2D eigenvalue weighted by atomic mass is 9.86. The molecule has 2 aromatic carbocycles. The molecule has 2 rings (SSSR count). The third-order valence-electron chi connectivity index (χ3n) is 3.35. The molecule has 0 atom stereocenters. The highest BCUT2D eigenvalue weighted by molar-refractivity contribution is 5.64. The van der Waals surface area contributed by atoms with E-state index in [1.807, 2.05) is 6.07 Å². The Bertz CT molecular complexity index is 565. The molecule has 0 heterocycles. The van der Waals surface area contributed by atoms with Crippen molar-refractivity contribution in [1.82, 2.24) is 0 Å². The van der Waals surface area contributed by atoms with Crippen LogP contribution in [0, 0.1) is 5.82 Å². The van der Waals surface area contributed by atoms with Gasteiger partial charge in [0.25, 0.3) is 0 Å². The first kappa shape index (κ1) is 13.8. The minimum atomic E-state index is -0.238. The maximum Gasteiger partial charge on any atom is 0.127 e. The first-order valence-corrected chi connectivity index (χ1v) is 6.51. The normalized spacial score (nSPS) is 11.6. The SMILES string of the molecule is CC(C)(C)c1ccc(-c2ccc(F)c(CN)c2)cc1. The van der Waals surface area contributed by atoms with Crippen molar-refractivity contribution in [1.29, 1.82) is 0 Å². The monoisotopic (exact) mass is 257 g/mol. The van der Waals surface area contributed by atoms with Gasteiger partial charge in [0.15, 0.2) is 0 Å². The largest absolute Gasteiger partial charge is 0.326 e. The molecule has 2 N–H and O–H groups in total. The second kappa shape index (κ2) is 5.14. The van der Waals surface area contributed by atoms with E-state index in [-0.39, 0.29) is 17.8 Å². The third kappa shape index (κ3) is 3.02. The molecule has 0 saturated carbocycles. The van der Waals surface area contributed by atoms with Crippen LogP contribution in [0.25, 0.3) is 11.1 Å². The molecule has 2 aromatic rings. The van der Waals surface area contributed by atoms with E-state index >= 15 is 0 Å². The first-order chi connectivity index (χ1) is 8.91. The van der Waals surface area contributed by atoms with Gasteiger partial charge in [-0.15, -0.1) is 0 Å². The Morgan fingerprint density at radius 2 is 1.53 bits per heavy atom. The van der Waals surface area contributed by atoms with Crippen LogP contribution in [0.1, 0.15) is 31.9 Å². The summed E-state index contributed by atoms with van der Waals surface area (Å²) in [6.45, 7) is 6.78. The second-order valence-electron chi connectivity index (χ2n) is 5.84. The lowest BCUT2D eigenvalue weighted by Crippen LogP contribution is -2.10. The smallest absolute Gasteiger partial charge is 0.127 e. The number of rotatable bonds is 2. The molecule has 19 heavy (non-hydrogen) atoms. The highest BCUT2D eigenvalue weighted by Crippen LogP contribution is 2.27. The molecular weight excluding hydrogens is 237 g/mol. The van der Waals surface area contributed by atoms with Crippen molar-refractivity contribution in [2.75, 3.05) is 0 Å². The van der Waals surface area contributed by atoms with E-state index in [1.54, 1.807) is 6.07 Å². The van der Waals surface area contributed by atoms with Crippen LogP contribution in [0.2, 0.25) is 0 Å². The lowest BCUT2D eigenvalue weighted by molar-refractivity contribution is 0.590. The second-order valence-corrected chi connectivity index (χ2v) is 5.84. The van der Waals surface area contributed by atoms with Gasteiger partial charge in [-0.05, 0) is 34.2 Å². The van der Waals surface area contributed by atoms with Gasteiger partial charge in [0.1, 0.15) is 5.82 Å². The van der Waals surface area contributed by atoms with Crippen LogP contribution < -0.4 is 5.73 Å². The van der Waals surface area contributed by atoms with Gasteiger partial charge in [0, 0.05) is 12.1 Å². The molecule has 0 aliphatic rings. The maximum atomic E-state index is 13.4. The molecule has 1 nitrogen and oxygen atoms in total. The zero-order valence-corrected chi connectivity index (χ0v) is 11.7. The van der Waals surface area contributed by atoms with Crippen LogP contribution in [0.3, 0.4) is 0 Å². The fraction of sp³-hybridized carbons (Fsp3) is 0.294. The number of benzene rings is 2. The maximum absolute atomic E-state index is 13.4. The minimum Gasteiger partial charge on any atom is -0.326 e. The van der Waals surface area contributed by atoms with Crippen LogP contribution in [0.5, 0.6) is 0 Å². The molecule has 2 heteroatoms. The molecule has 0 spiro atoms. The van der Waals surface area contributed by atoms with E-state index < -0.39 is 0 Å². The predicted octanol–water partition coefficient (Wildman–Crippen LogP) is 4.25. The number of nitrogens with two attached hydrogens (primary N) is 1. The first-order valence-electron chi connectivity index (χ1n) is 6.51. The fourth-order valence-electron chi connectivity index (χ4n) is 2.07. The summed E-state index contributed by atoms with van der Waals surface area (Å²) in [5.74, 6) is -0.238. The van der Waals surface area contributed by atoms with E-state index in [2.05, 4.69) is 45.0 Å². The number of halogens is 1. The summed E-state index contributed by atoms with van der Waals surface area (Å²) in [5.41, 5.74) is 9.61. The summed E-state index contributed by atoms with van der Waals surface area (Å²) in [4.78, 5) is 0. The highest BCUT2D eigenvalue weighted by Gasteiger charge is 2.13. The van der Waals surface area contributed by atoms with E-state index in [0.717, 1.165) is 11.1 Å². The molecule has 0 aromatic heterocycles. The van der Waals surface area contributed by atoms with Crippen LogP contribution in [0.4, 0.5) is 4.39 Å². The molecule has 0 amide bonds. The average Bonchev–Trinajstić information content (AvgIpc) is 2.38. The van der Waals surface area contributed by atoms with E-state index in [4.69, 9.17) is 5.73 Å². The van der Waals surface area contributed by atoms with E-state index in [1.165, 1.54) is 11.6 Å². The molecule has 0 fully saturated rings. The highest BCUT2D eigenvalue weighted by atomic mass is 19.1. The molecule has 0 aliphatic carbocycles. The summed E-state index contributed by atoms with van der Waals surface area (Å²) in [6.07, 6.45) is 0. The number of hydrogen-bond donors (Lipinski definition) is 1. The van der Waals surface area contributed by atoms with Gasteiger partial charge < -0.3 is 5.73 Å². The van der Waals surface area contributed by atoms with Gasteiger partial charge in [-0.3, -0.25) is 0 Å². The standard InChI is InChI=1S/C17H20FN/c1-17(2,3)15-7-4-12(5-8-15)13-6-9-16(18)14(10-13)11-19/h4-10H,11,19H2,1-3H3. The van der Waals surface area contributed by atoms with E-state index in [0.29, 0.717) is 5.56 Å². The molecule has 0 unspecified atom stereocenters. The molecule has 0 aliphatic heterocycles. The van der Waals surface area contributed by atoms with Crippen LogP contribution >= 0.6 is 0 Å². The summed E-state index contributed by atoms with van der Waals surface area (Å²) >= 11 is 0. The number of hydrogen-bond acceptors (Lipinski definition) is 1. The predicted molar refractivity (Wildman–Crippen MR) is 78.4 cm³/mol. The van der Waals surface area contributed by atoms with Gasteiger partial charge in [-0.1, -0.05) is 51.1 Å². The topological polar surface area (TPSA) is 26.0 Å². The molecular formula is C17H20FN. The van der Waals surface area contributed by atoms with E-state index in [9.17, 15) is 4.39 Å². The lowest BCUT2D eigenvalue weighted by Gasteiger charge is -2.19. The molecule has 0 bridgehead atoms. The Morgan fingerprint density at radius 1 is 0.947 bits per heavy atom. The van der Waals surface area contributed by atoms with Crippen molar-refractivity contribution in [3.63, 3.8) is 0 Å². The van der Waals surface area contributed by atoms with Crippen LogP contribution in [-0.4, -0.2) is 0 Å². The average molecular weight is 257 g/mol. The zero-order chi connectivity index (χ0) is 14.0. The van der Waals surface area contributed by atoms with Crippen molar-refractivity contribution in [2.24, 2.45) is 5.73 Å². The summed E-state index contributed by atoms with van der Waals surface area (Å²) in [5, 5.41) is 0. The van der Waals surface area contributed by atoms with Crippen molar-refractivity contribution < 1.29 is 4.39 Å². The Kier molecular flexibility index (Phi) is 3.72. The summed E-state index contributed by atoms with van der Waals surface area (Å²) in [7, 11) is 0. The van der Waals surface area contributed by atoms with Crippen molar-refractivity contribution in [3.8, 4) is 11.1 Å². The van der Waals surface area contributed by atoms with Gasteiger partial charge in [-0.25, -0.2) is 4.39 Å². The van der Waals surface area contributed by atoms with Crippen molar-refractivity contribution >= 4 is 0 Å². The minimum absolute atomic E-state index is 0.143. The van der Waals surface area contributed by atoms with Gasteiger partial charge in [0.05, 0.1) is 0 Å². The van der Waals surface area contributed by atoms with Gasteiger partial charge in [-0.2, -0.15) is 0 Å². The third-order valence-corrected chi connectivity index (χ3v) is 3.35. The molecule has 0 saturated heterocycles. The Hall–Kier alpha value is -1.67. The fourth-order valence-corrected chi connectivity index (χ4v) is 2.07. The summed E-state index contributed by atoms with van der Waals surface area (Å²) in [6, 6.07) is 13.5. The Balaban J connectivity index is 2.37. The van der Waals surface area contributed by atoms with Crippen molar-refractivity contribution in [2.45, 2.75) is 32.7 Å². The van der Waals surface area contributed by atoms with Crippen LogP contribution in [-0.2, 0) is 12.0 Å². The summed E-state index contributed by atoms with van der Waals surface area (Å²) < 4.78 is 13.4.